The van der Waals surface area contributed by atoms with Crippen LogP contribution in [-0.4, -0.2) is 31.3 Å². The number of pyridine rings is 1. The molecule has 1 unspecified atom stereocenters. The minimum absolute atomic E-state index is 0.425. The monoisotopic (exact) mass is 235 g/mol. The molecule has 0 aliphatic carbocycles. The van der Waals surface area contributed by atoms with Crippen LogP contribution in [0.15, 0.2) is 6.07 Å². The van der Waals surface area contributed by atoms with Gasteiger partial charge >= 0.3 is 0 Å². The van der Waals surface area contributed by atoms with Crippen LogP contribution in [0.1, 0.15) is 23.2 Å². The zero-order chi connectivity index (χ0) is 12.4. The molecule has 0 amide bonds. The van der Waals surface area contributed by atoms with Crippen LogP contribution < -0.4 is 10.6 Å². The van der Waals surface area contributed by atoms with Gasteiger partial charge in [0.25, 0.3) is 0 Å². The standard InChI is InChI=1S/C13H21N3O/c1-9-6-10(2)15-13(12(9)7-14)16(3)11-4-5-17-8-11/h6,11H,4-5,7-8,14H2,1-3H3. The van der Waals surface area contributed by atoms with E-state index < -0.39 is 0 Å². The average molecular weight is 235 g/mol. The molecule has 1 fully saturated rings. The first-order chi connectivity index (χ1) is 8.13. The first-order valence-electron chi connectivity index (χ1n) is 6.11. The molecular weight excluding hydrogens is 214 g/mol. The smallest absolute Gasteiger partial charge is 0.133 e. The molecular formula is C13H21N3O. The number of ether oxygens (including phenoxy) is 1. The fraction of sp³-hybridized carbons (Fsp3) is 0.615. The number of aryl methyl sites for hydroxylation is 2. The van der Waals surface area contributed by atoms with E-state index in [-0.39, 0.29) is 0 Å². The lowest BCUT2D eigenvalue weighted by molar-refractivity contribution is 0.193. The Labute approximate surface area is 103 Å². The summed E-state index contributed by atoms with van der Waals surface area (Å²) in [5, 5.41) is 0. The molecule has 1 aromatic rings. The highest BCUT2D eigenvalue weighted by molar-refractivity contribution is 5.52. The van der Waals surface area contributed by atoms with Crippen molar-refractivity contribution in [1.82, 2.24) is 4.98 Å². The van der Waals surface area contributed by atoms with Gasteiger partial charge in [-0.1, -0.05) is 0 Å². The average Bonchev–Trinajstić information content (AvgIpc) is 2.80. The second-order valence-corrected chi connectivity index (χ2v) is 4.72. The van der Waals surface area contributed by atoms with Gasteiger partial charge in [0.1, 0.15) is 5.82 Å². The van der Waals surface area contributed by atoms with Gasteiger partial charge < -0.3 is 15.4 Å². The molecule has 1 aliphatic rings. The lowest BCUT2D eigenvalue weighted by Gasteiger charge is -2.27. The maximum atomic E-state index is 5.84. The third kappa shape index (κ3) is 2.42. The molecule has 0 aromatic carbocycles. The van der Waals surface area contributed by atoms with Gasteiger partial charge in [0, 0.05) is 31.5 Å². The SMILES string of the molecule is Cc1cc(C)c(CN)c(N(C)C2CCOC2)n1. The Hall–Kier alpha value is -1.13. The molecule has 1 saturated heterocycles. The second-order valence-electron chi connectivity index (χ2n) is 4.72. The van der Waals surface area contributed by atoms with Gasteiger partial charge in [-0.3, -0.25) is 0 Å². The first-order valence-corrected chi connectivity index (χ1v) is 6.11. The van der Waals surface area contributed by atoms with Crippen LogP contribution >= 0.6 is 0 Å². The van der Waals surface area contributed by atoms with E-state index in [2.05, 4.69) is 29.9 Å². The van der Waals surface area contributed by atoms with Crippen molar-refractivity contribution in [2.24, 2.45) is 5.73 Å². The summed E-state index contributed by atoms with van der Waals surface area (Å²) in [5.41, 5.74) is 9.25. The maximum Gasteiger partial charge on any atom is 0.133 e. The Balaban J connectivity index is 2.35. The van der Waals surface area contributed by atoms with Gasteiger partial charge in [-0.2, -0.15) is 0 Å². The molecule has 2 rings (SSSR count). The molecule has 1 atom stereocenters. The number of hydrogen-bond acceptors (Lipinski definition) is 4. The van der Waals surface area contributed by atoms with E-state index in [4.69, 9.17) is 10.5 Å². The lowest BCUT2D eigenvalue weighted by Crippen LogP contribution is -2.34. The van der Waals surface area contributed by atoms with Crippen molar-refractivity contribution < 1.29 is 4.74 Å². The molecule has 0 radical (unpaired) electrons. The number of aromatic nitrogens is 1. The minimum atomic E-state index is 0.425. The molecule has 4 heteroatoms. The van der Waals surface area contributed by atoms with Crippen molar-refractivity contribution >= 4 is 5.82 Å². The topological polar surface area (TPSA) is 51.4 Å². The number of hydrogen-bond donors (Lipinski definition) is 1. The Morgan fingerprint density at radius 3 is 2.88 bits per heavy atom. The van der Waals surface area contributed by atoms with Crippen LogP contribution in [0, 0.1) is 13.8 Å². The molecule has 4 nitrogen and oxygen atoms in total. The summed E-state index contributed by atoms with van der Waals surface area (Å²) in [6.07, 6.45) is 1.06. The normalized spacial score (nSPS) is 19.6. The van der Waals surface area contributed by atoms with E-state index in [0.717, 1.165) is 36.7 Å². The molecule has 2 N–H and O–H groups in total. The molecule has 1 aliphatic heterocycles. The van der Waals surface area contributed by atoms with E-state index in [0.29, 0.717) is 12.6 Å². The summed E-state index contributed by atoms with van der Waals surface area (Å²) >= 11 is 0. The number of rotatable bonds is 3. The van der Waals surface area contributed by atoms with Crippen molar-refractivity contribution in [3.63, 3.8) is 0 Å². The maximum absolute atomic E-state index is 5.84. The fourth-order valence-corrected chi connectivity index (χ4v) is 2.39. The number of nitrogens with zero attached hydrogens (tertiary/aromatic N) is 2. The van der Waals surface area contributed by atoms with Crippen LogP contribution in [0.2, 0.25) is 0 Å². The van der Waals surface area contributed by atoms with Crippen molar-refractivity contribution in [2.75, 3.05) is 25.2 Å². The van der Waals surface area contributed by atoms with Gasteiger partial charge in [0.15, 0.2) is 0 Å². The second kappa shape index (κ2) is 5.02. The molecule has 0 bridgehead atoms. The summed E-state index contributed by atoms with van der Waals surface area (Å²) in [6, 6.07) is 2.51. The van der Waals surface area contributed by atoms with Gasteiger partial charge in [-0.15, -0.1) is 0 Å². The van der Waals surface area contributed by atoms with Crippen molar-refractivity contribution in [3.8, 4) is 0 Å². The van der Waals surface area contributed by atoms with Crippen molar-refractivity contribution in [3.05, 3.63) is 22.9 Å². The van der Waals surface area contributed by atoms with E-state index in [1.165, 1.54) is 5.56 Å². The molecule has 0 spiro atoms. The van der Waals surface area contributed by atoms with E-state index in [9.17, 15) is 0 Å². The first kappa shape index (κ1) is 12.3. The minimum Gasteiger partial charge on any atom is -0.379 e. The molecule has 0 saturated carbocycles. The van der Waals surface area contributed by atoms with Crippen LogP contribution in [-0.2, 0) is 11.3 Å². The summed E-state index contributed by atoms with van der Waals surface area (Å²) in [6.45, 7) is 6.29. The summed E-state index contributed by atoms with van der Waals surface area (Å²) in [4.78, 5) is 6.86. The van der Waals surface area contributed by atoms with Crippen molar-refractivity contribution in [2.45, 2.75) is 32.9 Å². The number of anilines is 1. The quantitative estimate of drug-likeness (QED) is 0.860. The molecule has 2 heterocycles. The summed E-state index contributed by atoms with van der Waals surface area (Å²) in [7, 11) is 2.08. The van der Waals surface area contributed by atoms with E-state index in [1.54, 1.807) is 0 Å². The third-order valence-corrected chi connectivity index (χ3v) is 3.45. The van der Waals surface area contributed by atoms with Gasteiger partial charge in [-0.05, 0) is 31.9 Å². The van der Waals surface area contributed by atoms with Gasteiger partial charge in [0.2, 0.25) is 0 Å². The summed E-state index contributed by atoms with van der Waals surface area (Å²) in [5.74, 6) is 1.01. The number of likely N-dealkylation sites (N-methyl/N-ethyl adjacent to an activating group) is 1. The van der Waals surface area contributed by atoms with Crippen molar-refractivity contribution in [1.29, 1.82) is 0 Å². The Bertz CT molecular complexity index is 400. The third-order valence-electron chi connectivity index (χ3n) is 3.45. The Kier molecular flexibility index (Phi) is 3.64. The van der Waals surface area contributed by atoms with Crippen LogP contribution in [0.4, 0.5) is 5.82 Å². The van der Waals surface area contributed by atoms with Gasteiger partial charge in [-0.25, -0.2) is 4.98 Å². The Morgan fingerprint density at radius 2 is 2.29 bits per heavy atom. The molecule has 94 valence electrons. The lowest BCUT2D eigenvalue weighted by atomic mass is 10.1. The van der Waals surface area contributed by atoms with E-state index >= 15 is 0 Å². The zero-order valence-electron chi connectivity index (χ0n) is 10.9. The van der Waals surface area contributed by atoms with Crippen LogP contribution in [0.5, 0.6) is 0 Å². The predicted octanol–water partition coefficient (Wildman–Crippen LogP) is 1.38. The van der Waals surface area contributed by atoms with Crippen LogP contribution in [0.25, 0.3) is 0 Å². The van der Waals surface area contributed by atoms with E-state index in [1.807, 2.05) is 6.92 Å². The highest BCUT2D eigenvalue weighted by Gasteiger charge is 2.23. The Morgan fingerprint density at radius 1 is 1.53 bits per heavy atom. The fourth-order valence-electron chi connectivity index (χ4n) is 2.39. The highest BCUT2D eigenvalue weighted by Crippen LogP contribution is 2.25. The zero-order valence-corrected chi connectivity index (χ0v) is 10.9. The number of nitrogens with two attached hydrogens (primary N) is 1. The molecule has 1 aromatic heterocycles. The summed E-state index contributed by atoms with van der Waals surface area (Å²) < 4.78 is 5.43. The molecule has 17 heavy (non-hydrogen) atoms. The van der Waals surface area contributed by atoms with Gasteiger partial charge in [0.05, 0.1) is 12.6 Å². The largest absolute Gasteiger partial charge is 0.379 e. The highest BCUT2D eigenvalue weighted by atomic mass is 16.5. The predicted molar refractivity (Wildman–Crippen MR) is 69.2 cm³/mol. The van der Waals surface area contributed by atoms with Crippen LogP contribution in [0.3, 0.4) is 0 Å².